The molecule has 0 aliphatic rings. The molecular weight excluding hydrogens is 403 g/mol. The molecule has 2 N–H and O–H groups in total. The second-order valence-corrected chi connectivity index (χ2v) is 5.82. The zero-order chi connectivity index (χ0) is 15.2. The Morgan fingerprint density at radius 3 is 2.52 bits per heavy atom. The molecule has 0 bridgehead atoms. The molecule has 0 fully saturated rings. The Hall–Kier alpha value is -1.60. The minimum absolute atomic E-state index is 0.101. The van der Waals surface area contributed by atoms with Crippen LogP contribution < -0.4 is 10.6 Å². The van der Waals surface area contributed by atoms with E-state index in [9.17, 15) is 9.59 Å². The van der Waals surface area contributed by atoms with Crippen LogP contribution in [0.5, 0.6) is 0 Å². The molecule has 2 aromatic rings. The zero-order valence-electron chi connectivity index (χ0n) is 10.9. The van der Waals surface area contributed by atoms with Crippen LogP contribution in [0.3, 0.4) is 0 Å². The van der Waals surface area contributed by atoms with Gasteiger partial charge in [0.25, 0.3) is 5.91 Å². The van der Waals surface area contributed by atoms with Crippen molar-refractivity contribution in [1.29, 1.82) is 0 Å². The first kappa shape index (κ1) is 15.8. The van der Waals surface area contributed by atoms with E-state index in [1.54, 1.807) is 30.3 Å². The number of hydrogen-bond donors (Lipinski definition) is 2. The van der Waals surface area contributed by atoms with Gasteiger partial charge in [0.2, 0.25) is 5.91 Å². The van der Waals surface area contributed by atoms with Gasteiger partial charge in [0, 0.05) is 14.3 Å². The molecule has 21 heavy (non-hydrogen) atoms. The first-order chi connectivity index (χ1) is 10.1. The summed E-state index contributed by atoms with van der Waals surface area (Å²) in [7, 11) is 0. The molecule has 108 valence electrons. The van der Waals surface area contributed by atoms with Crippen molar-refractivity contribution in [2.75, 3.05) is 11.9 Å². The van der Waals surface area contributed by atoms with Crippen LogP contribution in [0, 0.1) is 3.57 Å². The Balaban J connectivity index is 1.92. The summed E-state index contributed by atoms with van der Waals surface area (Å²) in [5.41, 5.74) is 1.14. The first-order valence-corrected chi connectivity index (χ1v) is 7.60. The highest BCUT2D eigenvalue weighted by atomic mass is 127. The zero-order valence-corrected chi connectivity index (χ0v) is 13.8. The van der Waals surface area contributed by atoms with Gasteiger partial charge in [0.1, 0.15) is 0 Å². The summed E-state index contributed by atoms with van der Waals surface area (Å²) >= 11 is 7.92. The van der Waals surface area contributed by atoms with Crippen LogP contribution >= 0.6 is 34.2 Å². The van der Waals surface area contributed by atoms with Crippen molar-refractivity contribution in [2.45, 2.75) is 0 Å². The molecule has 4 nitrogen and oxygen atoms in total. The lowest BCUT2D eigenvalue weighted by Crippen LogP contribution is -2.33. The Labute approximate surface area is 141 Å². The lowest BCUT2D eigenvalue weighted by atomic mass is 10.2. The summed E-state index contributed by atoms with van der Waals surface area (Å²) < 4.78 is 0.776. The summed E-state index contributed by atoms with van der Waals surface area (Å²) in [6, 6.07) is 14.1. The number of halogens is 2. The van der Waals surface area contributed by atoms with E-state index in [2.05, 4.69) is 10.6 Å². The summed E-state index contributed by atoms with van der Waals surface area (Å²) in [6.45, 7) is -0.101. The summed E-state index contributed by atoms with van der Waals surface area (Å²) in [4.78, 5) is 23.8. The van der Waals surface area contributed by atoms with Gasteiger partial charge in [0.05, 0.1) is 12.1 Å². The quantitative estimate of drug-likeness (QED) is 0.754. The fourth-order valence-electron chi connectivity index (χ4n) is 1.65. The van der Waals surface area contributed by atoms with Gasteiger partial charge in [-0.05, 0) is 52.9 Å². The van der Waals surface area contributed by atoms with E-state index in [-0.39, 0.29) is 18.4 Å². The molecule has 0 aliphatic carbocycles. The average Bonchev–Trinajstić information content (AvgIpc) is 2.48. The van der Waals surface area contributed by atoms with Gasteiger partial charge < -0.3 is 10.6 Å². The Bertz CT molecular complexity index is 662. The monoisotopic (exact) mass is 414 g/mol. The SMILES string of the molecule is O=C(CNC(=O)c1cc(Cl)ccc1I)Nc1ccccc1. The van der Waals surface area contributed by atoms with E-state index in [4.69, 9.17) is 11.6 Å². The van der Waals surface area contributed by atoms with Crippen molar-refractivity contribution in [3.8, 4) is 0 Å². The Morgan fingerprint density at radius 2 is 1.81 bits per heavy atom. The molecule has 0 radical (unpaired) electrons. The largest absolute Gasteiger partial charge is 0.343 e. The van der Waals surface area contributed by atoms with E-state index >= 15 is 0 Å². The molecule has 0 unspecified atom stereocenters. The first-order valence-electron chi connectivity index (χ1n) is 6.14. The molecule has 6 heteroatoms. The molecule has 0 atom stereocenters. The van der Waals surface area contributed by atoms with Gasteiger partial charge in [-0.2, -0.15) is 0 Å². The van der Waals surface area contributed by atoms with Gasteiger partial charge in [-0.25, -0.2) is 0 Å². The smallest absolute Gasteiger partial charge is 0.252 e. The third kappa shape index (κ3) is 4.71. The molecule has 0 spiro atoms. The summed E-state index contributed by atoms with van der Waals surface area (Å²) in [5, 5.41) is 5.75. The van der Waals surface area contributed by atoms with Gasteiger partial charge in [-0.15, -0.1) is 0 Å². The summed E-state index contributed by atoms with van der Waals surface area (Å²) in [6.07, 6.45) is 0. The maximum absolute atomic E-state index is 12.0. The number of nitrogens with one attached hydrogen (secondary N) is 2. The number of carbonyl (C=O) groups excluding carboxylic acids is 2. The highest BCUT2D eigenvalue weighted by Gasteiger charge is 2.12. The lowest BCUT2D eigenvalue weighted by Gasteiger charge is -2.08. The molecule has 0 aliphatic heterocycles. The highest BCUT2D eigenvalue weighted by Crippen LogP contribution is 2.17. The van der Waals surface area contributed by atoms with Crippen LogP contribution in [-0.2, 0) is 4.79 Å². The maximum Gasteiger partial charge on any atom is 0.252 e. The second kappa shape index (κ2) is 7.42. The van der Waals surface area contributed by atoms with Crippen LogP contribution in [0.1, 0.15) is 10.4 Å². The van der Waals surface area contributed by atoms with Crippen molar-refractivity contribution in [1.82, 2.24) is 5.32 Å². The Morgan fingerprint density at radius 1 is 1.10 bits per heavy atom. The lowest BCUT2D eigenvalue weighted by molar-refractivity contribution is -0.115. The molecule has 2 amide bonds. The molecule has 0 aromatic heterocycles. The van der Waals surface area contributed by atoms with E-state index in [0.29, 0.717) is 16.3 Å². The highest BCUT2D eigenvalue weighted by molar-refractivity contribution is 14.1. The molecule has 0 saturated carbocycles. The molecule has 0 heterocycles. The molecule has 0 saturated heterocycles. The predicted molar refractivity (Wildman–Crippen MR) is 91.6 cm³/mol. The van der Waals surface area contributed by atoms with Crippen molar-refractivity contribution < 1.29 is 9.59 Å². The fourth-order valence-corrected chi connectivity index (χ4v) is 2.41. The minimum Gasteiger partial charge on any atom is -0.343 e. The van der Waals surface area contributed by atoms with Crippen LogP contribution in [0.4, 0.5) is 5.69 Å². The Kier molecular flexibility index (Phi) is 5.58. The maximum atomic E-state index is 12.0. The molecule has 2 rings (SSSR count). The van der Waals surface area contributed by atoms with Crippen LogP contribution in [0.25, 0.3) is 0 Å². The third-order valence-corrected chi connectivity index (χ3v) is 3.82. The number of amides is 2. The van der Waals surface area contributed by atoms with Crippen molar-refractivity contribution in [2.24, 2.45) is 0 Å². The average molecular weight is 415 g/mol. The predicted octanol–water partition coefficient (Wildman–Crippen LogP) is 3.31. The van der Waals surface area contributed by atoms with Gasteiger partial charge >= 0.3 is 0 Å². The number of benzene rings is 2. The van der Waals surface area contributed by atoms with Gasteiger partial charge in [-0.1, -0.05) is 29.8 Å². The topological polar surface area (TPSA) is 58.2 Å². The normalized spacial score (nSPS) is 10.0. The van der Waals surface area contributed by atoms with E-state index in [0.717, 1.165) is 3.57 Å². The number of para-hydroxylation sites is 1. The number of hydrogen-bond acceptors (Lipinski definition) is 2. The number of carbonyl (C=O) groups is 2. The standard InChI is InChI=1S/C15H12ClIN2O2/c16-10-6-7-13(17)12(8-10)15(21)18-9-14(20)19-11-4-2-1-3-5-11/h1-8H,9H2,(H,18,21)(H,19,20). The van der Waals surface area contributed by atoms with Crippen LogP contribution in [0.15, 0.2) is 48.5 Å². The number of rotatable bonds is 4. The van der Waals surface area contributed by atoms with Crippen molar-refractivity contribution in [3.05, 3.63) is 62.7 Å². The molecular formula is C15H12ClIN2O2. The second-order valence-electron chi connectivity index (χ2n) is 4.22. The van der Waals surface area contributed by atoms with Gasteiger partial charge in [0.15, 0.2) is 0 Å². The van der Waals surface area contributed by atoms with Crippen LogP contribution in [0.2, 0.25) is 5.02 Å². The minimum atomic E-state index is -0.329. The van der Waals surface area contributed by atoms with E-state index in [1.165, 1.54) is 0 Å². The van der Waals surface area contributed by atoms with E-state index in [1.807, 2.05) is 40.8 Å². The fraction of sp³-hybridized carbons (Fsp3) is 0.0667. The molecule has 2 aromatic carbocycles. The van der Waals surface area contributed by atoms with E-state index < -0.39 is 0 Å². The van der Waals surface area contributed by atoms with Crippen molar-refractivity contribution in [3.63, 3.8) is 0 Å². The van der Waals surface area contributed by atoms with Crippen molar-refractivity contribution >= 4 is 51.7 Å². The summed E-state index contributed by atoms with van der Waals surface area (Å²) in [5.74, 6) is -0.614. The number of anilines is 1. The third-order valence-electron chi connectivity index (χ3n) is 2.64. The van der Waals surface area contributed by atoms with Gasteiger partial charge in [-0.3, -0.25) is 9.59 Å². The van der Waals surface area contributed by atoms with Crippen LogP contribution in [-0.4, -0.2) is 18.4 Å².